The van der Waals surface area contributed by atoms with Crippen molar-refractivity contribution in [2.24, 2.45) is 0 Å². The molecule has 3 aliphatic rings. The number of fused-ring (bicyclic) bond motifs is 3. The van der Waals surface area contributed by atoms with Crippen LogP contribution in [-0.4, -0.2) is 23.7 Å². The Balaban J connectivity index is 1.95. The van der Waals surface area contributed by atoms with E-state index in [1.807, 2.05) is 11.8 Å². The van der Waals surface area contributed by atoms with E-state index >= 15 is 0 Å². The van der Waals surface area contributed by atoms with Crippen LogP contribution in [0.15, 0.2) is 0 Å². The number of rotatable bonds is 0. The summed E-state index contributed by atoms with van der Waals surface area (Å²) < 4.78 is 5.48. The molecule has 3 rings (SSSR count). The summed E-state index contributed by atoms with van der Waals surface area (Å²) in [5.41, 5.74) is 0. The van der Waals surface area contributed by atoms with Crippen LogP contribution in [0.4, 0.5) is 0 Å². The first-order valence-electron chi connectivity index (χ1n) is 3.18. The topological polar surface area (TPSA) is 9.23 Å². The Kier molecular flexibility index (Phi) is 1.23. The van der Waals surface area contributed by atoms with Crippen molar-refractivity contribution in [1.82, 2.24) is 0 Å². The summed E-state index contributed by atoms with van der Waals surface area (Å²) in [6.07, 6.45) is 3.91. The zero-order valence-electron chi connectivity index (χ0n) is 4.80. The predicted octanol–water partition coefficient (Wildman–Crippen LogP) is 1.28. The third-order valence-corrected chi connectivity index (χ3v) is 2.93. The summed E-state index contributed by atoms with van der Waals surface area (Å²) in [4.78, 5) is 0. The van der Waals surface area contributed by atoms with Gasteiger partial charge in [0.1, 0.15) is 0 Å². The molecule has 0 aliphatic carbocycles. The van der Waals surface area contributed by atoms with E-state index in [1.54, 1.807) is 0 Å². The lowest BCUT2D eigenvalue weighted by atomic mass is 10.1. The zero-order chi connectivity index (χ0) is 5.40. The predicted molar refractivity (Wildman–Crippen MR) is 35.2 cm³/mol. The zero-order valence-corrected chi connectivity index (χ0v) is 5.62. The molecule has 1 nitrogen and oxygen atoms in total. The van der Waals surface area contributed by atoms with Crippen LogP contribution in [0.25, 0.3) is 0 Å². The summed E-state index contributed by atoms with van der Waals surface area (Å²) in [5, 5.41) is 0. The Morgan fingerprint density at radius 1 is 1.38 bits per heavy atom. The van der Waals surface area contributed by atoms with Gasteiger partial charge < -0.3 is 4.74 Å². The molecule has 3 aliphatic heterocycles. The molecule has 8 heavy (non-hydrogen) atoms. The van der Waals surface area contributed by atoms with E-state index in [4.69, 9.17) is 4.74 Å². The van der Waals surface area contributed by atoms with Gasteiger partial charge in [-0.3, -0.25) is 0 Å². The SMILES string of the molecule is C1CC2CC(CS1)O2. The van der Waals surface area contributed by atoms with Crippen LogP contribution in [0.3, 0.4) is 0 Å². The second-order valence-corrected chi connectivity index (χ2v) is 3.63. The molecule has 3 heterocycles. The molecular weight excluding hydrogens is 120 g/mol. The number of hydrogen-bond donors (Lipinski definition) is 0. The smallest absolute Gasteiger partial charge is 0.0693 e. The van der Waals surface area contributed by atoms with Crippen LogP contribution in [0.1, 0.15) is 12.8 Å². The molecule has 46 valence electrons. The lowest BCUT2D eigenvalue weighted by Gasteiger charge is -2.32. The van der Waals surface area contributed by atoms with Crippen molar-refractivity contribution in [3.05, 3.63) is 0 Å². The molecule has 0 aromatic heterocycles. The van der Waals surface area contributed by atoms with Crippen molar-refractivity contribution in [3.63, 3.8) is 0 Å². The second kappa shape index (κ2) is 1.92. The van der Waals surface area contributed by atoms with Crippen LogP contribution in [0.5, 0.6) is 0 Å². The summed E-state index contributed by atoms with van der Waals surface area (Å²) in [6.45, 7) is 0. The highest BCUT2D eigenvalue weighted by molar-refractivity contribution is 7.99. The van der Waals surface area contributed by atoms with Gasteiger partial charge in [0.05, 0.1) is 12.2 Å². The van der Waals surface area contributed by atoms with E-state index in [0.717, 1.165) is 0 Å². The van der Waals surface area contributed by atoms with Gasteiger partial charge in [-0.15, -0.1) is 0 Å². The molecule has 2 heteroatoms. The highest BCUT2D eigenvalue weighted by Gasteiger charge is 2.31. The first-order valence-corrected chi connectivity index (χ1v) is 4.34. The number of hydrogen-bond acceptors (Lipinski definition) is 2. The fraction of sp³-hybridized carbons (Fsp3) is 1.00. The average Bonchev–Trinajstić information content (AvgIpc) is 1.89. The van der Waals surface area contributed by atoms with Gasteiger partial charge in [-0.2, -0.15) is 11.8 Å². The molecule has 0 aromatic rings. The van der Waals surface area contributed by atoms with Gasteiger partial charge >= 0.3 is 0 Å². The van der Waals surface area contributed by atoms with Crippen LogP contribution in [-0.2, 0) is 4.74 Å². The van der Waals surface area contributed by atoms with E-state index in [0.29, 0.717) is 12.2 Å². The van der Waals surface area contributed by atoms with Gasteiger partial charge in [0.2, 0.25) is 0 Å². The van der Waals surface area contributed by atoms with Gasteiger partial charge in [0.25, 0.3) is 0 Å². The summed E-state index contributed by atoms with van der Waals surface area (Å²) in [7, 11) is 0. The molecule has 0 aromatic carbocycles. The average molecular weight is 130 g/mol. The Hall–Kier alpha value is 0.310. The van der Waals surface area contributed by atoms with E-state index in [-0.39, 0.29) is 0 Å². The first-order chi connectivity index (χ1) is 3.95. The molecule has 2 unspecified atom stereocenters. The molecule has 0 amide bonds. The van der Waals surface area contributed by atoms with Crippen molar-refractivity contribution < 1.29 is 4.74 Å². The van der Waals surface area contributed by atoms with Gasteiger partial charge in [0, 0.05) is 12.2 Å². The standard InChI is InChI=1S/C6H10OS/c1-2-8-4-6-3-5(1)7-6/h5-6H,1-4H2. The molecule has 2 atom stereocenters. The Morgan fingerprint density at radius 2 is 2.25 bits per heavy atom. The molecule has 3 saturated heterocycles. The number of thioether (sulfide) groups is 1. The summed E-state index contributed by atoms with van der Waals surface area (Å²) in [6, 6.07) is 0. The molecular formula is C6H10OS. The van der Waals surface area contributed by atoms with Crippen molar-refractivity contribution >= 4 is 11.8 Å². The lowest BCUT2D eigenvalue weighted by Crippen LogP contribution is -2.36. The maximum Gasteiger partial charge on any atom is 0.0693 e. The van der Waals surface area contributed by atoms with Gasteiger partial charge in [-0.05, 0) is 12.2 Å². The van der Waals surface area contributed by atoms with Crippen LogP contribution >= 0.6 is 11.8 Å². The molecule has 3 fully saturated rings. The molecule has 2 bridgehead atoms. The molecule has 0 N–H and O–H groups in total. The van der Waals surface area contributed by atoms with E-state index in [2.05, 4.69) is 0 Å². The molecule has 0 saturated carbocycles. The normalized spacial score (nSPS) is 45.0. The Bertz CT molecular complexity index is 73.0. The fourth-order valence-corrected chi connectivity index (χ4v) is 2.35. The monoisotopic (exact) mass is 130 g/mol. The van der Waals surface area contributed by atoms with Crippen LogP contribution in [0.2, 0.25) is 0 Å². The van der Waals surface area contributed by atoms with Gasteiger partial charge in [0.15, 0.2) is 0 Å². The Labute approximate surface area is 53.8 Å². The second-order valence-electron chi connectivity index (χ2n) is 2.48. The first kappa shape index (κ1) is 5.12. The Morgan fingerprint density at radius 3 is 3.12 bits per heavy atom. The van der Waals surface area contributed by atoms with Crippen LogP contribution < -0.4 is 0 Å². The molecule has 0 spiro atoms. The van der Waals surface area contributed by atoms with E-state index in [1.165, 1.54) is 24.3 Å². The van der Waals surface area contributed by atoms with Crippen molar-refractivity contribution in [2.75, 3.05) is 11.5 Å². The summed E-state index contributed by atoms with van der Waals surface area (Å²) >= 11 is 2.04. The largest absolute Gasteiger partial charge is 0.374 e. The highest BCUT2D eigenvalue weighted by Crippen LogP contribution is 2.31. The minimum Gasteiger partial charge on any atom is -0.374 e. The number of ether oxygens (including phenoxy) is 1. The highest BCUT2D eigenvalue weighted by atomic mass is 32.2. The molecule has 0 radical (unpaired) electrons. The van der Waals surface area contributed by atoms with E-state index < -0.39 is 0 Å². The minimum atomic E-state index is 0.632. The van der Waals surface area contributed by atoms with Gasteiger partial charge in [-0.25, -0.2) is 0 Å². The van der Waals surface area contributed by atoms with Crippen molar-refractivity contribution in [2.45, 2.75) is 25.0 Å². The van der Waals surface area contributed by atoms with Crippen molar-refractivity contribution in [1.29, 1.82) is 0 Å². The lowest BCUT2D eigenvalue weighted by molar-refractivity contribution is -0.108. The maximum atomic E-state index is 5.48. The fourth-order valence-electron chi connectivity index (χ4n) is 1.28. The summed E-state index contributed by atoms with van der Waals surface area (Å²) in [5.74, 6) is 2.57. The van der Waals surface area contributed by atoms with Gasteiger partial charge in [-0.1, -0.05) is 0 Å². The van der Waals surface area contributed by atoms with Crippen LogP contribution in [0, 0.1) is 0 Å². The van der Waals surface area contributed by atoms with E-state index in [9.17, 15) is 0 Å². The van der Waals surface area contributed by atoms with Crippen molar-refractivity contribution in [3.8, 4) is 0 Å². The maximum absolute atomic E-state index is 5.48. The minimum absolute atomic E-state index is 0.632. The third-order valence-electron chi connectivity index (χ3n) is 1.80. The quantitative estimate of drug-likeness (QED) is 0.488. The third kappa shape index (κ3) is 0.759.